The molecule has 0 spiro atoms. The highest BCUT2D eigenvalue weighted by atomic mass is 35.5. The van der Waals surface area contributed by atoms with Crippen LogP contribution in [0.4, 0.5) is 5.69 Å². The number of hydrogen-bond acceptors (Lipinski definition) is 4. The Morgan fingerprint density at radius 3 is 2.72 bits per heavy atom. The third-order valence-corrected chi connectivity index (χ3v) is 2.68. The maximum absolute atomic E-state index is 11.7. The van der Waals surface area contributed by atoms with Gasteiger partial charge in [-0.1, -0.05) is 29.8 Å². The maximum Gasteiger partial charge on any atom is 0.357 e. The molecule has 0 unspecified atom stereocenters. The lowest BCUT2D eigenvalue weighted by Gasteiger charge is -2.06. The summed E-state index contributed by atoms with van der Waals surface area (Å²) in [6.07, 6.45) is 1.41. The molecular weight excluding hydrogens is 252 g/mol. The minimum absolute atomic E-state index is 0.116. The van der Waals surface area contributed by atoms with Crippen LogP contribution in [0.2, 0.25) is 5.02 Å². The van der Waals surface area contributed by atoms with Crippen molar-refractivity contribution in [2.75, 3.05) is 5.73 Å². The molecule has 2 N–H and O–H groups in total. The zero-order valence-corrected chi connectivity index (χ0v) is 10.2. The van der Waals surface area contributed by atoms with Gasteiger partial charge in [-0.2, -0.15) is 0 Å². The molecule has 0 saturated heterocycles. The molecule has 0 aliphatic rings. The van der Waals surface area contributed by atoms with Gasteiger partial charge in [0, 0.05) is 10.6 Å². The Hall–Kier alpha value is -2.07. The van der Waals surface area contributed by atoms with Crippen molar-refractivity contribution in [1.29, 1.82) is 0 Å². The van der Waals surface area contributed by atoms with Crippen molar-refractivity contribution in [3.63, 3.8) is 0 Å². The molecule has 0 aliphatic carbocycles. The zero-order valence-electron chi connectivity index (χ0n) is 9.47. The second-order valence-electron chi connectivity index (χ2n) is 3.64. The Morgan fingerprint density at radius 1 is 1.28 bits per heavy atom. The number of carbonyl (C=O) groups is 1. The molecule has 4 nitrogen and oxygen atoms in total. The minimum atomic E-state index is -0.505. The summed E-state index contributed by atoms with van der Waals surface area (Å²) in [5, 5.41) is 0.565. The summed E-state index contributed by atoms with van der Waals surface area (Å²) in [4.78, 5) is 15.6. The highest BCUT2D eigenvalue weighted by Gasteiger charge is 2.09. The highest BCUT2D eigenvalue weighted by Crippen LogP contribution is 2.16. The van der Waals surface area contributed by atoms with Gasteiger partial charge in [-0.3, -0.25) is 0 Å². The number of carbonyl (C=O) groups excluding carboxylic acids is 1. The third-order valence-electron chi connectivity index (χ3n) is 2.31. The molecule has 2 aromatic rings. The number of halogens is 1. The molecule has 5 heteroatoms. The summed E-state index contributed by atoms with van der Waals surface area (Å²) in [6, 6.07) is 10.3. The van der Waals surface area contributed by atoms with E-state index in [0.29, 0.717) is 10.7 Å². The number of esters is 1. The Labute approximate surface area is 109 Å². The average molecular weight is 263 g/mol. The Balaban J connectivity index is 2.01. The topological polar surface area (TPSA) is 65.2 Å². The number of aromatic nitrogens is 1. The van der Waals surface area contributed by atoms with Crippen LogP contribution in [-0.4, -0.2) is 11.0 Å². The second kappa shape index (κ2) is 5.51. The quantitative estimate of drug-likeness (QED) is 0.864. The van der Waals surface area contributed by atoms with E-state index >= 15 is 0 Å². The van der Waals surface area contributed by atoms with E-state index in [0.717, 1.165) is 5.56 Å². The first kappa shape index (κ1) is 12.4. The fraction of sp³-hybridized carbons (Fsp3) is 0.0769. The summed E-state index contributed by atoms with van der Waals surface area (Å²) >= 11 is 5.95. The Bertz CT molecular complexity index is 555. The van der Waals surface area contributed by atoms with Gasteiger partial charge in [0.05, 0.1) is 11.9 Å². The summed E-state index contributed by atoms with van der Waals surface area (Å²) in [5.41, 5.74) is 6.95. The first-order valence-electron chi connectivity index (χ1n) is 5.29. The maximum atomic E-state index is 11.7. The second-order valence-corrected chi connectivity index (χ2v) is 4.05. The number of nitrogen functional groups attached to an aromatic ring is 1. The van der Waals surface area contributed by atoms with Gasteiger partial charge in [-0.15, -0.1) is 0 Å². The fourth-order valence-corrected chi connectivity index (χ4v) is 1.55. The Kier molecular flexibility index (Phi) is 3.79. The van der Waals surface area contributed by atoms with Crippen molar-refractivity contribution < 1.29 is 9.53 Å². The Morgan fingerprint density at radius 2 is 2.06 bits per heavy atom. The van der Waals surface area contributed by atoms with Gasteiger partial charge < -0.3 is 10.5 Å². The molecular formula is C13H11ClN2O2. The van der Waals surface area contributed by atoms with Crippen molar-refractivity contribution in [2.45, 2.75) is 6.61 Å². The molecule has 0 atom stereocenters. The molecule has 0 fully saturated rings. The number of ether oxygens (including phenoxy) is 1. The smallest absolute Gasteiger partial charge is 0.357 e. The standard InChI is InChI=1S/C13H11ClN2O2/c14-11-4-2-1-3-9(11)8-18-13(17)12-6-5-10(15)7-16-12/h1-7H,8,15H2. The molecule has 0 aliphatic heterocycles. The monoisotopic (exact) mass is 262 g/mol. The third kappa shape index (κ3) is 2.99. The first-order valence-corrected chi connectivity index (χ1v) is 5.66. The predicted octanol–water partition coefficient (Wildman–Crippen LogP) is 2.67. The largest absolute Gasteiger partial charge is 0.456 e. The van der Waals surface area contributed by atoms with Crippen LogP contribution >= 0.6 is 11.6 Å². The number of benzene rings is 1. The van der Waals surface area contributed by atoms with Gasteiger partial charge in [0.15, 0.2) is 0 Å². The van der Waals surface area contributed by atoms with E-state index in [4.69, 9.17) is 22.1 Å². The van der Waals surface area contributed by atoms with E-state index in [1.165, 1.54) is 12.3 Å². The molecule has 0 saturated carbocycles. The summed E-state index contributed by atoms with van der Waals surface area (Å²) in [6.45, 7) is 0.116. The normalized spacial score (nSPS) is 10.1. The highest BCUT2D eigenvalue weighted by molar-refractivity contribution is 6.31. The number of anilines is 1. The lowest BCUT2D eigenvalue weighted by Crippen LogP contribution is -2.07. The molecule has 18 heavy (non-hydrogen) atoms. The van der Waals surface area contributed by atoms with Crippen LogP contribution < -0.4 is 5.73 Å². The molecule has 1 heterocycles. The lowest BCUT2D eigenvalue weighted by atomic mass is 10.2. The van der Waals surface area contributed by atoms with Gasteiger partial charge in [0.25, 0.3) is 0 Å². The zero-order chi connectivity index (χ0) is 13.0. The molecule has 0 bridgehead atoms. The molecule has 2 rings (SSSR count). The van der Waals surface area contributed by atoms with E-state index in [1.54, 1.807) is 18.2 Å². The van der Waals surface area contributed by atoms with Crippen LogP contribution in [0.3, 0.4) is 0 Å². The fourth-order valence-electron chi connectivity index (χ4n) is 1.36. The van der Waals surface area contributed by atoms with E-state index < -0.39 is 5.97 Å². The van der Waals surface area contributed by atoms with E-state index in [-0.39, 0.29) is 12.3 Å². The first-order chi connectivity index (χ1) is 8.66. The van der Waals surface area contributed by atoms with Crippen LogP contribution in [0.5, 0.6) is 0 Å². The SMILES string of the molecule is Nc1ccc(C(=O)OCc2ccccc2Cl)nc1. The van der Waals surface area contributed by atoms with Crippen molar-refractivity contribution in [1.82, 2.24) is 4.98 Å². The van der Waals surface area contributed by atoms with Gasteiger partial charge in [-0.25, -0.2) is 9.78 Å². The lowest BCUT2D eigenvalue weighted by molar-refractivity contribution is 0.0466. The van der Waals surface area contributed by atoms with E-state index in [2.05, 4.69) is 4.98 Å². The van der Waals surface area contributed by atoms with Crippen LogP contribution in [0.1, 0.15) is 16.1 Å². The summed E-state index contributed by atoms with van der Waals surface area (Å²) in [7, 11) is 0. The number of pyridine rings is 1. The van der Waals surface area contributed by atoms with Crippen molar-refractivity contribution in [3.05, 3.63) is 58.9 Å². The van der Waals surface area contributed by atoms with Crippen molar-refractivity contribution in [2.24, 2.45) is 0 Å². The average Bonchev–Trinajstić information content (AvgIpc) is 2.38. The van der Waals surface area contributed by atoms with Crippen LogP contribution in [0, 0.1) is 0 Å². The molecule has 92 valence electrons. The van der Waals surface area contributed by atoms with Gasteiger partial charge >= 0.3 is 5.97 Å². The van der Waals surface area contributed by atoms with Crippen LogP contribution in [0.15, 0.2) is 42.6 Å². The van der Waals surface area contributed by atoms with E-state index in [1.807, 2.05) is 12.1 Å². The van der Waals surface area contributed by atoms with Crippen LogP contribution in [0.25, 0.3) is 0 Å². The molecule has 1 aromatic carbocycles. The van der Waals surface area contributed by atoms with Crippen molar-refractivity contribution in [3.8, 4) is 0 Å². The number of hydrogen-bond donors (Lipinski definition) is 1. The predicted molar refractivity (Wildman–Crippen MR) is 69.2 cm³/mol. The number of rotatable bonds is 3. The van der Waals surface area contributed by atoms with Gasteiger partial charge in [0.2, 0.25) is 0 Å². The molecule has 0 radical (unpaired) electrons. The van der Waals surface area contributed by atoms with Gasteiger partial charge in [0.1, 0.15) is 12.3 Å². The summed E-state index contributed by atoms with van der Waals surface area (Å²) in [5.74, 6) is -0.505. The number of nitrogens with zero attached hydrogens (tertiary/aromatic N) is 1. The summed E-state index contributed by atoms with van der Waals surface area (Å²) < 4.78 is 5.11. The van der Waals surface area contributed by atoms with Crippen LogP contribution in [-0.2, 0) is 11.3 Å². The molecule has 1 aromatic heterocycles. The van der Waals surface area contributed by atoms with Crippen molar-refractivity contribution >= 4 is 23.3 Å². The minimum Gasteiger partial charge on any atom is -0.456 e. The number of nitrogens with two attached hydrogens (primary N) is 1. The van der Waals surface area contributed by atoms with Gasteiger partial charge in [-0.05, 0) is 18.2 Å². The van der Waals surface area contributed by atoms with E-state index in [9.17, 15) is 4.79 Å². The molecule has 0 amide bonds.